The van der Waals surface area contributed by atoms with Gasteiger partial charge in [-0.3, -0.25) is 4.79 Å². The summed E-state index contributed by atoms with van der Waals surface area (Å²) in [4.78, 5) is 28.1. The summed E-state index contributed by atoms with van der Waals surface area (Å²) in [6.07, 6.45) is 20.7. The van der Waals surface area contributed by atoms with Gasteiger partial charge in [-0.05, 0) is 32.1 Å². The Morgan fingerprint density at radius 2 is 1.29 bits per heavy atom. The molecule has 0 aliphatic heterocycles. The molecule has 0 atom stereocenters. The molecule has 0 heterocycles. The molecule has 0 rings (SSSR count). The Labute approximate surface area is 171 Å². The fraction of sp³-hybridized carbons (Fsp3) is 0.833. The van der Waals surface area contributed by atoms with E-state index in [0.717, 1.165) is 25.7 Å². The van der Waals surface area contributed by atoms with Crippen LogP contribution in [-0.4, -0.2) is 45.3 Å². The van der Waals surface area contributed by atoms with Crippen molar-refractivity contribution in [3.8, 4) is 0 Å². The number of unbranched alkanes of at least 4 members (excludes halogenated alkanes) is 11. The molecule has 0 aromatic heterocycles. The van der Waals surface area contributed by atoms with Crippen LogP contribution in [0, 0.1) is 0 Å². The SMILES string of the molecule is CCCCCCCCC=CCCCCCCCC(=O)OP(O)O.[NaH]. The Bertz CT molecular complexity index is 299. The monoisotopic (exact) mass is 370 g/mol. The molecule has 138 valence electrons. The number of carbonyl (C=O) groups excluding carboxylic acids is 1. The average molecular weight is 370 g/mol. The van der Waals surface area contributed by atoms with Crippen LogP contribution in [0.15, 0.2) is 12.2 Å². The van der Waals surface area contributed by atoms with Gasteiger partial charge >= 0.3 is 44.1 Å². The summed E-state index contributed by atoms with van der Waals surface area (Å²) in [7, 11) is -2.54. The van der Waals surface area contributed by atoms with E-state index in [2.05, 4.69) is 23.6 Å². The van der Waals surface area contributed by atoms with Crippen LogP contribution in [0.4, 0.5) is 0 Å². The van der Waals surface area contributed by atoms with Crippen molar-refractivity contribution in [1.29, 1.82) is 0 Å². The zero-order chi connectivity index (χ0) is 17.2. The van der Waals surface area contributed by atoms with Gasteiger partial charge in [0.2, 0.25) is 0 Å². The van der Waals surface area contributed by atoms with Crippen LogP contribution in [0.3, 0.4) is 0 Å². The van der Waals surface area contributed by atoms with Crippen molar-refractivity contribution in [3.63, 3.8) is 0 Å². The Balaban J connectivity index is 0. The van der Waals surface area contributed by atoms with Crippen LogP contribution in [0.1, 0.15) is 96.8 Å². The molecular formula is C18H36NaO4P. The summed E-state index contributed by atoms with van der Waals surface area (Å²) in [6.45, 7) is 2.25. The zero-order valence-corrected chi connectivity index (χ0v) is 15.6. The predicted molar refractivity (Wildman–Crippen MR) is 104 cm³/mol. The van der Waals surface area contributed by atoms with Gasteiger partial charge in [-0.1, -0.05) is 70.4 Å². The van der Waals surface area contributed by atoms with Crippen molar-refractivity contribution in [3.05, 3.63) is 12.2 Å². The van der Waals surface area contributed by atoms with Crippen molar-refractivity contribution < 1.29 is 19.1 Å². The topological polar surface area (TPSA) is 66.8 Å². The van der Waals surface area contributed by atoms with Gasteiger partial charge in [0.25, 0.3) is 0 Å². The number of hydrogen-bond donors (Lipinski definition) is 2. The summed E-state index contributed by atoms with van der Waals surface area (Å²) in [5.74, 6) is -0.515. The maximum atomic E-state index is 11.1. The van der Waals surface area contributed by atoms with Gasteiger partial charge in [-0.15, -0.1) is 0 Å². The summed E-state index contributed by atoms with van der Waals surface area (Å²) in [5, 5.41) is 0. The second kappa shape index (κ2) is 21.6. The molecule has 0 aliphatic rings. The molecule has 4 nitrogen and oxygen atoms in total. The Kier molecular flexibility index (Phi) is 24.1. The maximum absolute atomic E-state index is 11.1. The van der Waals surface area contributed by atoms with Crippen LogP contribution in [0.5, 0.6) is 0 Å². The molecule has 0 aromatic carbocycles. The van der Waals surface area contributed by atoms with Crippen LogP contribution >= 0.6 is 8.60 Å². The van der Waals surface area contributed by atoms with Crippen molar-refractivity contribution in [2.45, 2.75) is 96.8 Å². The molecule has 0 aliphatic carbocycles. The third-order valence-corrected chi connectivity index (χ3v) is 4.19. The van der Waals surface area contributed by atoms with Crippen molar-refractivity contribution in [1.82, 2.24) is 0 Å². The van der Waals surface area contributed by atoms with E-state index in [9.17, 15) is 4.79 Å². The Morgan fingerprint density at radius 1 is 0.833 bits per heavy atom. The van der Waals surface area contributed by atoms with Gasteiger partial charge in [-0.25, -0.2) is 0 Å². The molecule has 0 fully saturated rings. The Morgan fingerprint density at radius 3 is 1.79 bits per heavy atom. The molecule has 0 bridgehead atoms. The number of allylic oxidation sites excluding steroid dienone is 2. The van der Waals surface area contributed by atoms with Crippen LogP contribution in [0.25, 0.3) is 0 Å². The van der Waals surface area contributed by atoms with Gasteiger partial charge in [0.1, 0.15) is 0 Å². The zero-order valence-electron chi connectivity index (χ0n) is 14.7. The second-order valence-electron chi connectivity index (χ2n) is 6.05. The molecule has 0 aromatic rings. The second-order valence-corrected chi connectivity index (χ2v) is 6.74. The molecule has 0 spiro atoms. The molecular weight excluding hydrogens is 334 g/mol. The first kappa shape index (κ1) is 26.8. The molecule has 6 heteroatoms. The number of hydrogen-bond acceptors (Lipinski definition) is 4. The van der Waals surface area contributed by atoms with E-state index in [0.29, 0.717) is 0 Å². The van der Waals surface area contributed by atoms with Gasteiger partial charge in [0.05, 0.1) is 0 Å². The van der Waals surface area contributed by atoms with Gasteiger partial charge in [0, 0.05) is 6.42 Å². The molecule has 0 saturated carbocycles. The van der Waals surface area contributed by atoms with Crippen LogP contribution in [-0.2, 0) is 9.32 Å². The summed E-state index contributed by atoms with van der Waals surface area (Å²) < 4.78 is 4.30. The van der Waals surface area contributed by atoms with Crippen molar-refractivity contribution in [2.75, 3.05) is 0 Å². The quantitative estimate of drug-likeness (QED) is 0.171. The van der Waals surface area contributed by atoms with Gasteiger partial charge < -0.3 is 14.3 Å². The fourth-order valence-corrected chi connectivity index (χ4v) is 2.75. The predicted octanol–water partition coefficient (Wildman–Crippen LogP) is 5.13. The van der Waals surface area contributed by atoms with Gasteiger partial charge in [-0.2, -0.15) is 0 Å². The van der Waals surface area contributed by atoms with E-state index in [-0.39, 0.29) is 36.0 Å². The number of rotatable bonds is 16. The van der Waals surface area contributed by atoms with E-state index in [1.165, 1.54) is 57.8 Å². The first-order chi connectivity index (χ1) is 11.2. The molecule has 2 N–H and O–H groups in total. The van der Waals surface area contributed by atoms with E-state index in [4.69, 9.17) is 9.79 Å². The van der Waals surface area contributed by atoms with E-state index < -0.39 is 14.6 Å². The first-order valence-corrected chi connectivity index (χ1v) is 10.4. The summed E-state index contributed by atoms with van der Waals surface area (Å²) in [5.41, 5.74) is 0. The van der Waals surface area contributed by atoms with Crippen molar-refractivity contribution in [2.24, 2.45) is 0 Å². The van der Waals surface area contributed by atoms with Crippen LogP contribution in [0.2, 0.25) is 0 Å². The minimum absolute atomic E-state index is 0. The summed E-state index contributed by atoms with van der Waals surface area (Å²) >= 11 is 0. The molecule has 24 heavy (non-hydrogen) atoms. The molecule has 0 amide bonds. The standard InChI is InChI=1S/C18H35O4P.Na.H/c1-2-3-4-5-6-7-8-9-10-11-12-13-14-15-16-17-18(19)22-23(20)21;;/h9-10,20-21H,2-8,11-17H2,1H3;;. The molecule has 0 unspecified atom stereocenters. The van der Waals surface area contributed by atoms with E-state index >= 15 is 0 Å². The van der Waals surface area contributed by atoms with Crippen LogP contribution < -0.4 is 0 Å². The fourth-order valence-electron chi connectivity index (χ4n) is 2.48. The third-order valence-electron chi connectivity index (χ3n) is 3.83. The molecule has 0 saturated heterocycles. The average Bonchev–Trinajstić information content (AvgIpc) is 2.50. The van der Waals surface area contributed by atoms with E-state index in [1.54, 1.807) is 0 Å². The normalized spacial score (nSPS) is 11.0. The summed E-state index contributed by atoms with van der Waals surface area (Å²) in [6, 6.07) is 0. The molecule has 0 radical (unpaired) electrons. The van der Waals surface area contributed by atoms with E-state index in [1.807, 2.05) is 0 Å². The minimum atomic E-state index is -2.54. The third kappa shape index (κ3) is 22.6. The number of carbonyl (C=O) groups is 1. The van der Waals surface area contributed by atoms with Crippen molar-refractivity contribution >= 4 is 44.1 Å². The Hall–Kier alpha value is 0.560. The first-order valence-electron chi connectivity index (χ1n) is 9.20. The van der Waals surface area contributed by atoms with Gasteiger partial charge in [0.15, 0.2) is 0 Å².